The lowest BCUT2D eigenvalue weighted by molar-refractivity contribution is -0.118. The standard InChI is InChI=1S/C21H26N4O2S/c1-3-4-8-12-22-19(26)15-28-21-24-23-20(18-11-13-27-16(18)2)25(21)14-17-9-6-5-7-10-17/h5-7,9-11,13H,3-4,8,12,14-15H2,1-2H3,(H,22,26). The summed E-state index contributed by atoms with van der Waals surface area (Å²) in [5.74, 6) is 1.90. The van der Waals surface area contributed by atoms with Gasteiger partial charge >= 0.3 is 0 Å². The summed E-state index contributed by atoms with van der Waals surface area (Å²) in [5, 5.41) is 12.4. The van der Waals surface area contributed by atoms with Gasteiger partial charge in [-0.2, -0.15) is 0 Å². The lowest BCUT2D eigenvalue weighted by atomic mass is 10.2. The zero-order valence-electron chi connectivity index (χ0n) is 16.4. The van der Waals surface area contributed by atoms with Crippen LogP contribution in [0.2, 0.25) is 0 Å². The van der Waals surface area contributed by atoms with Gasteiger partial charge < -0.3 is 9.73 Å². The third-order valence-corrected chi connectivity index (χ3v) is 5.40. The van der Waals surface area contributed by atoms with Crippen LogP contribution in [0.25, 0.3) is 11.4 Å². The number of amides is 1. The predicted molar refractivity (Wildman–Crippen MR) is 111 cm³/mol. The van der Waals surface area contributed by atoms with Gasteiger partial charge in [-0.3, -0.25) is 9.36 Å². The van der Waals surface area contributed by atoms with E-state index < -0.39 is 0 Å². The molecule has 0 aliphatic carbocycles. The summed E-state index contributed by atoms with van der Waals surface area (Å²) in [6, 6.07) is 12.1. The Morgan fingerprint density at radius 1 is 1.18 bits per heavy atom. The van der Waals surface area contributed by atoms with Crippen LogP contribution in [0.4, 0.5) is 0 Å². The summed E-state index contributed by atoms with van der Waals surface area (Å²) < 4.78 is 7.49. The van der Waals surface area contributed by atoms with Gasteiger partial charge in [0.25, 0.3) is 0 Å². The summed E-state index contributed by atoms with van der Waals surface area (Å²) in [6.45, 7) is 5.42. The molecule has 6 nitrogen and oxygen atoms in total. The molecular weight excluding hydrogens is 372 g/mol. The van der Waals surface area contributed by atoms with Gasteiger partial charge in [-0.1, -0.05) is 61.9 Å². The van der Waals surface area contributed by atoms with Gasteiger partial charge in [0, 0.05) is 6.54 Å². The van der Waals surface area contributed by atoms with Crippen LogP contribution in [0, 0.1) is 6.92 Å². The first kappa shape index (κ1) is 20.2. The highest BCUT2D eigenvalue weighted by Gasteiger charge is 2.18. The van der Waals surface area contributed by atoms with Gasteiger partial charge in [0.05, 0.1) is 24.1 Å². The topological polar surface area (TPSA) is 73.0 Å². The maximum Gasteiger partial charge on any atom is 0.230 e. The minimum absolute atomic E-state index is 0.0244. The normalized spacial score (nSPS) is 10.9. The summed E-state index contributed by atoms with van der Waals surface area (Å²) in [5.41, 5.74) is 2.06. The molecule has 0 bridgehead atoms. The van der Waals surface area contributed by atoms with Crippen LogP contribution in [0.3, 0.4) is 0 Å². The fourth-order valence-corrected chi connectivity index (χ4v) is 3.67. The van der Waals surface area contributed by atoms with Crippen molar-refractivity contribution in [2.24, 2.45) is 0 Å². The number of benzene rings is 1. The van der Waals surface area contributed by atoms with Crippen molar-refractivity contribution < 1.29 is 9.21 Å². The fourth-order valence-electron chi connectivity index (χ4n) is 2.90. The molecule has 0 radical (unpaired) electrons. The molecule has 7 heteroatoms. The number of hydrogen-bond acceptors (Lipinski definition) is 5. The molecule has 0 saturated heterocycles. The number of carbonyl (C=O) groups excluding carboxylic acids is 1. The third-order valence-electron chi connectivity index (χ3n) is 4.43. The molecule has 0 atom stereocenters. The van der Waals surface area contributed by atoms with E-state index in [0.29, 0.717) is 12.3 Å². The van der Waals surface area contributed by atoms with E-state index >= 15 is 0 Å². The number of furan rings is 1. The van der Waals surface area contributed by atoms with Crippen molar-refractivity contribution in [1.29, 1.82) is 0 Å². The number of thioether (sulfide) groups is 1. The van der Waals surface area contributed by atoms with Crippen molar-refractivity contribution in [1.82, 2.24) is 20.1 Å². The maximum atomic E-state index is 12.1. The van der Waals surface area contributed by atoms with E-state index in [0.717, 1.165) is 53.7 Å². The molecule has 28 heavy (non-hydrogen) atoms. The lowest BCUT2D eigenvalue weighted by Crippen LogP contribution is -2.26. The quantitative estimate of drug-likeness (QED) is 0.407. The first-order valence-corrected chi connectivity index (χ1v) is 10.6. The van der Waals surface area contributed by atoms with Crippen LogP contribution in [0.5, 0.6) is 0 Å². The monoisotopic (exact) mass is 398 g/mol. The predicted octanol–water partition coefficient (Wildman–Crippen LogP) is 4.29. The number of carbonyl (C=O) groups is 1. The number of nitrogens with one attached hydrogen (secondary N) is 1. The number of hydrogen-bond donors (Lipinski definition) is 1. The van der Waals surface area contributed by atoms with E-state index in [4.69, 9.17) is 4.42 Å². The summed E-state index contributed by atoms with van der Waals surface area (Å²) in [7, 11) is 0. The Hall–Kier alpha value is -2.54. The minimum atomic E-state index is 0.0244. The van der Waals surface area contributed by atoms with Crippen molar-refractivity contribution in [3.63, 3.8) is 0 Å². The molecule has 2 aromatic heterocycles. The smallest absolute Gasteiger partial charge is 0.230 e. The summed E-state index contributed by atoms with van der Waals surface area (Å²) in [6.07, 6.45) is 4.94. The molecule has 148 valence electrons. The second-order valence-corrected chi connectivity index (χ2v) is 7.56. The van der Waals surface area contributed by atoms with Gasteiger partial charge in [-0.25, -0.2) is 0 Å². The molecule has 1 N–H and O–H groups in total. The molecule has 0 saturated carbocycles. The van der Waals surface area contributed by atoms with Gasteiger partial charge in [0.15, 0.2) is 11.0 Å². The Morgan fingerprint density at radius 2 is 2.00 bits per heavy atom. The first-order valence-electron chi connectivity index (χ1n) is 9.60. The van der Waals surface area contributed by atoms with E-state index in [9.17, 15) is 4.79 Å². The Kier molecular flexibility index (Phi) is 7.31. The van der Waals surface area contributed by atoms with Gasteiger partial charge in [0.1, 0.15) is 5.76 Å². The van der Waals surface area contributed by atoms with Crippen LogP contribution >= 0.6 is 11.8 Å². The van der Waals surface area contributed by atoms with E-state index in [1.54, 1.807) is 6.26 Å². The van der Waals surface area contributed by atoms with Crippen LogP contribution in [0.1, 0.15) is 37.5 Å². The SMILES string of the molecule is CCCCCNC(=O)CSc1nnc(-c2ccoc2C)n1Cc1ccccc1. The summed E-state index contributed by atoms with van der Waals surface area (Å²) >= 11 is 1.41. The zero-order chi connectivity index (χ0) is 19.8. The maximum absolute atomic E-state index is 12.1. The molecule has 0 aliphatic heterocycles. The van der Waals surface area contributed by atoms with Crippen molar-refractivity contribution in [3.05, 3.63) is 54.0 Å². The summed E-state index contributed by atoms with van der Waals surface area (Å²) in [4.78, 5) is 12.1. The average molecular weight is 399 g/mol. The number of aromatic nitrogens is 3. The lowest BCUT2D eigenvalue weighted by Gasteiger charge is -2.10. The molecule has 0 unspecified atom stereocenters. The van der Waals surface area contributed by atoms with E-state index in [1.807, 2.05) is 35.8 Å². The van der Waals surface area contributed by atoms with Crippen molar-refractivity contribution in [2.45, 2.75) is 44.8 Å². The minimum Gasteiger partial charge on any atom is -0.469 e. The van der Waals surface area contributed by atoms with E-state index in [2.05, 4.69) is 34.6 Å². The van der Waals surface area contributed by atoms with Crippen LogP contribution < -0.4 is 5.32 Å². The molecule has 0 fully saturated rings. The Labute approximate surface area is 169 Å². The van der Waals surface area contributed by atoms with Gasteiger partial charge in [-0.15, -0.1) is 10.2 Å². The molecular formula is C21H26N4O2S. The number of aryl methyl sites for hydroxylation is 1. The average Bonchev–Trinajstić information content (AvgIpc) is 3.30. The highest BCUT2D eigenvalue weighted by Crippen LogP contribution is 2.27. The molecule has 3 rings (SSSR count). The molecule has 1 aromatic carbocycles. The number of nitrogens with zero attached hydrogens (tertiary/aromatic N) is 3. The second kappa shape index (κ2) is 10.1. The highest BCUT2D eigenvalue weighted by atomic mass is 32.2. The van der Waals surface area contributed by atoms with Crippen LogP contribution in [0.15, 0.2) is 52.2 Å². The first-order chi connectivity index (χ1) is 13.7. The van der Waals surface area contributed by atoms with Gasteiger partial charge in [-0.05, 0) is 25.0 Å². The molecule has 0 spiro atoms. The van der Waals surface area contributed by atoms with E-state index in [-0.39, 0.29) is 5.91 Å². The molecule has 0 aliphatic rings. The number of unbranched alkanes of at least 4 members (excludes halogenated alkanes) is 2. The molecule has 1 amide bonds. The zero-order valence-corrected chi connectivity index (χ0v) is 17.2. The Bertz CT molecular complexity index is 889. The van der Waals surface area contributed by atoms with E-state index in [1.165, 1.54) is 11.8 Å². The van der Waals surface area contributed by atoms with Crippen LogP contribution in [-0.2, 0) is 11.3 Å². The molecule has 2 heterocycles. The second-order valence-electron chi connectivity index (χ2n) is 6.61. The third kappa shape index (κ3) is 5.25. The van der Waals surface area contributed by atoms with Crippen LogP contribution in [-0.4, -0.2) is 33.0 Å². The highest BCUT2D eigenvalue weighted by molar-refractivity contribution is 7.99. The van der Waals surface area contributed by atoms with Crippen molar-refractivity contribution >= 4 is 17.7 Å². The Balaban J connectivity index is 1.74. The molecule has 3 aromatic rings. The van der Waals surface area contributed by atoms with Gasteiger partial charge in [0.2, 0.25) is 5.91 Å². The Morgan fingerprint density at radius 3 is 2.71 bits per heavy atom. The largest absolute Gasteiger partial charge is 0.469 e. The number of rotatable bonds is 10. The fraction of sp³-hybridized carbons (Fsp3) is 0.381. The van der Waals surface area contributed by atoms with Crippen molar-refractivity contribution in [2.75, 3.05) is 12.3 Å². The van der Waals surface area contributed by atoms with Crippen molar-refractivity contribution in [3.8, 4) is 11.4 Å².